The number of rotatable bonds is 4. The number of halogens is 1. The van der Waals surface area contributed by atoms with Crippen molar-refractivity contribution in [3.05, 3.63) is 52.0 Å². The van der Waals surface area contributed by atoms with Crippen LogP contribution in [-0.4, -0.2) is 26.7 Å². The van der Waals surface area contributed by atoms with Crippen LogP contribution >= 0.6 is 15.9 Å². The zero-order valence-corrected chi connectivity index (χ0v) is 15.1. The van der Waals surface area contributed by atoms with Gasteiger partial charge in [0.05, 0.1) is 26.9 Å². The minimum atomic E-state index is -0.180. The maximum absolute atomic E-state index is 12.7. The molecule has 0 saturated carbocycles. The zero-order valence-electron chi connectivity index (χ0n) is 13.5. The second-order valence-corrected chi connectivity index (χ2v) is 6.19. The van der Waals surface area contributed by atoms with E-state index in [1.807, 2.05) is 24.3 Å². The molecule has 5 nitrogen and oxygen atoms in total. The van der Waals surface area contributed by atoms with Crippen LogP contribution in [0.1, 0.15) is 28.4 Å². The van der Waals surface area contributed by atoms with E-state index >= 15 is 0 Å². The molecule has 1 aliphatic rings. The summed E-state index contributed by atoms with van der Waals surface area (Å²) in [6.07, 6.45) is 0.730. The summed E-state index contributed by atoms with van der Waals surface area (Å²) in [7, 11) is 3.10. The highest BCUT2D eigenvalue weighted by atomic mass is 79.9. The number of amides is 1. The molecule has 1 heterocycles. The fourth-order valence-electron chi connectivity index (χ4n) is 2.73. The third kappa shape index (κ3) is 3.19. The van der Waals surface area contributed by atoms with Crippen molar-refractivity contribution in [1.82, 2.24) is 5.32 Å². The van der Waals surface area contributed by atoms with Gasteiger partial charge in [-0.25, -0.2) is 0 Å². The Bertz CT molecular complexity index is 737. The predicted molar refractivity (Wildman–Crippen MR) is 94.0 cm³/mol. The van der Waals surface area contributed by atoms with Crippen molar-refractivity contribution in [2.75, 3.05) is 20.8 Å². The second kappa shape index (κ2) is 7.13. The SMILES string of the molecule is COc1cc(C(=O)NC2CCOc3ccccc32)cc(OC)c1Br. The van der Waals surface area contributed by atoms with Gasteiger partial charge in [0.1, 0.15) is 21.7 Å². The number of hydrogen-bond donors (Lipinski definition) is 1. The summed E-state index contributed by atoms with van der Waals surface area (Å²) in [5.41, 5.74) is 1.48. The number of para-hydroxylation sites is 1. The molecule has 1 N–H and O–H groups in total. The highest BCUT2D eigenvalue weighted by molar-refractivity contribution is 9.10. The van der Waals surface area contributed by atoms with Gasteiger partial charge in [-0.15, -0.1) is 0 Å². The standard InChI is InChI=1S/C18H18BrNO4/c1-22-15-9-11(10-16(23-2)17(15)19)18(21)20-13-7-8-24-14-6-4-3-5-12(13)14/h3-6,9-10,13H,7-8H2,1-2H3,(H,20,21). The summed E-state index contributed by atoms with van der Waals surface area (Å²) in [4.78, 5) is 12.7. The van der Waals surface area contributed by atoms with Crippen LogP contribution in [-0.2, 0) is 0 Å². The number of methoxy groups -OCH3 is 2. The van der Waals surface area contributed by atoms with E-state index < -0.39 is 0 Å². The van der Waals surface area contributed by atoms with Gasteiger partial charge in [-0.1, -0.05) is 18.2 Å². The third-order valence-electron chi connectivity index (χ3n) is 3.97. The summed E-state index contributed by atoms with van der Waals surface area (Å²) in [6, 6.07) is 11.1. The van der Waals surface area contributed by atoms with Crippen molar-refractivity contribution < 1.29 is 19.0 Å². The molecular formula is C18H18BrNO4. The van der Waals surface area contributed by atoms with Crippen LogP contribution in [0.2, 0.25) is 0 Å². The molecule has 0 aliphatic carbocycles. The number of carbonyl (C=O) groups excluding carboxylic acids is 1. The summed E-state index contributed by atoms with van der Waals surface area (Å²) < 4.78 is 16.9. The van der Waals surface area contributed by atoms with Crippen molar-refractivity contribution in [3.63, 3.8) is 0 Å². The van der Waals surface area contributed by atoms with Crippen LogP contribution < -0.4 is 19.5 Å². The van der Waals surface area contributed by atoms with Gasteiger partial charge < -0.3 is 19.5 Å². The van der Waals surface area contributed by atoms with Crippen LogP contribution in [0.25, 0.3) is 0 Å². The third-order valence-corrected chi connectivity index (χ3v) is 4.75. The van der Waals surface area contributed by atoms with Gasteiger partial charge in [-0.05, 0) is 34.1 Å². The highest BCUT2D eigenvalue weighted by Crippen LogP contribution is 2.36. The van der Waals surface area contributed by atoms with Gasteiger partial charge in [0.15, 0.2) is 0 Å². The summed E-state index contributed by atoms with van der Waals surface area (Å²) in [5.74, 6) is 1.74. The Morgan fingerprint density at radius 1 is 1.21 bits per heavy atom. The molecule has 1 atom stereocenters. The molecule has 3 rings (SSSR count). The Hall–Kier alpha value is -2.21. The first-order valence-corrected chi connectivity index (χ1v) is 8.37. The average Bonchev–Trinajstić information content (AvgIpc) is 2.62. The van der Waals surface area contributed by atoms with Crippen molar-refractivity contribution >= 4 is 21.8 Å². The molecule has 2 aromatic rings. The minimum Gasteiger partial charge on any atom is -0.495 e. The zero-order chi connectivity index (χ0) is 17.1. The number of ether oxygens (including phenoxy) is 3. The Labute approximate surface area is 149 Å². The Morgan fingerprint density at radius 3 is 2.54 bits per heavy atom. The molecule has 0 radical (unpaired) electrons. The first-order chi connectivity index (χ1) is 11.6. The van der Waals surface area contributed by atoms with Gasteiger partial charge in [0, 0.05) is 17.5 Å². The van der Waals surface area contributed by atoms with E-state index in [-0.39, 0.29) is 11.9 Å². The molecule has 0 bridgehead atoms. The lowest BCUT2D eigenvalue weighted by atomic mass is 10.00. The molecular weight excluding hydrogens is 374 g/mol. The topological polar surface area (TPSA) is 56.8 Å². The van der Waals surface area contributed by atoms with Gasteiger partial charge in [0.25, 0.3) is 5.91 Å². The number of nitrogens with one attached hydrogen (secondary N) is 1. The molecule has 2 aromatic carbocycles. The van der Waals surface area contributed by atoms with Crippen LogP contribution in [0, 0.1) is 0 Å². The molecule has 0 aromatic heterocycles. The largest absolute Gasteiger partial charge is 0.495 e. The van der Waals surface area contributed by atoms with E-state index in [0.717, 1.165) is 17.7 Å². The fourth-order valence-corrected chi connectivity index (χ4v) is 3.29. The molecule has 1 unspecified atom stereocenters. The van der Waals surface area contributed by atoms with Gasteiger partial charge >= 0.3 is 0 Å². The number of fused-ring (bicyclic) bond motifs is 1. The van der Waals surface area contributed by atoms with E-state index in [1.54, 1.807) is 26.4 Å². The summed E-state index contributed by atoms with van der Waals surface area (Å²) in [6.45, 7) is 0.578. The first-order valence-electron chi connectivity index (χ1n) is 7.58. The Morgan fingerprint density at radius 2 is 1.88 bits per heavy atom. The van der Waals surface area contributed by atoms with Gasteiger partial charge in [-0.2, -0.15) is 0 Å². The number of hydrogen-bond acceptors (Lipinski definition) is 4. The summed E-state index contributed by atoms with van der Waals surface area (Å²) in [5, 5.41) is 3.07. The van der Waals surface area contributed by atoms with E-state index in [1.165, 1.54) is 0 Å². The van der Waals surface area contributed by atoms with E-state index in [4.69, 9.17) is 14.2 Å². The van der Waals surface area contributed by atoms with E-state index in [9.17, 15) is 4.79 Å². The lowest BCUT2D eigenvalue weighted by Crippen LogP contribution is -2.32. The van der Waals surface area contributed by atoms with Crippen molar-refractivity contribution in [1.29, 1.82) is 0 Å². The van der Waals surface area contributed by atoms with Crippen molar-refractivity contribution in [2.45, 2.75) is 12.5 Å². The maximum Gasteiger partial charge on any atom is 0.252 e. The molecule has 1 amide bonds. The van der Waals surface area contributed by atoms with Crippen molar-refractivity contribution in [2.24, 2.45) is 0 Å². The molecule has 6 heteroatoms. The van der Waals surface area contributed by atoms with Crippen molar-refractivity contribution in [3.8, 4) is 17.2 Å². The molecule has 0 spiro atoms. The normalized spacial score (nSPS) is 15.9. The first kappa shape index (κ1) is 16.6. The average molecular weight is 392 g/mol. The number of benzene rings is 2. The fraction of sp³-hybridized carbons (Fsp3) is 0.278. The number of carbonyl (C=O) groups is 1. The Kier molecular flexibility index (Phi) is 4.94. The lowest BCUT2D eigenvalue weighted by molar-refractivity contribution is 0.0924. The van der Waals surface area contributed by atoms with E-state index in [2.05, 4.69) is 21.2 Å². The molecule has 0 saturated heterocycles. The van der Waals surface area contributed by atoms with Crippen LogP contribution in [0.4, 0.5) is 0 Å². The van der Waals surface area contributed by atoms with Gasteiger partial charge in [0.2, 0.25) is 0 Å². The summed E-state index contributed by atoms with van der Waals surface area (Å²) >= 11 is 3.41. The van der Waals surface area contributed by atoms with Crippen LogP contribution in [0.15, 0.2) is 40.9 Å². The minimum absolute atomic E-state index is 0.0805. The van der Waals surface area contributed by atoms with Gasteiger partial charge in [-0.3, -0.25) is 4.79 Å². The second-order valence-electron chi connectivity index (χ2n) is 5.40. The van der Waals surface area contributed by atoms with E-state index in [0.29, 0.717) is 28.1 Å². The highest BCUT2D eigenvalue weighted by Gasteiger charge is 2.24. The molecule has 0 fully saturated rings. The smallest absolute Gasteiger partial charge is 0.252 e. The van der Waals surface area contributed by atoms with Crippen LogP contribution in [0.5, 0.6) is 17.2 Å². The quantitative estimate of drug-likeness (QED) is 0.862. The maximum atomic E-state index is 12.7. The monoisotopic (exact) mass is 391 g/mol. The molecule has 24 heavy (non-hydrogen) atoms. The molecule has 126 valence electrons. The Balaban J connectivity index is 1.86. The lowest BCUT2D eigenvalue weighted by Gasteiger charge is -2.26. The van der Waals surface area contributed by atoms with Crippen LogP contribution in [0.3, 0.4) is 0 Å². The molecule has 1 aliphatic heterocycles. The predicted octanol–water partition coefficient (Wildman–Crippen LogP) is 3.72.